The summed E-state index contributed by atoms with van der Waals surface area (Å²) in [5.41, 5.74) is 2.09. The van der Waals surface area contributed by atoms with Gasteiger partial charge in [0.05, 0.1) is 10.6 Å². The molecule has 0 unspecified atom stereocenters. The van der Waals surface area contributed by atoms with Crippen molar-refractivity contribution in [1.82, 2.24) is 10.2 Å². The first-order valence-electron chi connectivity index (χ1n) is 15.3. The second-order valence-electron chi connectivity index (χ2n) is 11.4. The van der Waals surface area contributed by atoms with Gasteiger partial charge in [-0.15, -0.1) is 0 Å². The number of hydrogen-bond acceptors (Lipinski definition) is 4. The lowest BCUT2D eigenvalue weighted by Crippen LogP contribution is -2.55. The Balaban J connectivity index is 1.54. The van der Waals surface area contributed by atoms with Gasteiger partial charge in [0.25, 0.3) is 10.0 Å². The van der Waals surface area contributed by atoms with Crippen molar-refractivity contribution in [3.63, 3.8) is 0 Å². The number of rotatable bonds is 12. The van der Waals surface area contributed by atoms with E-state index in [4.69, 9.17) is 0 Å². The van der Waals surface area contributed by atoms with E-state index in [9.17, 15) is 18.0 Å². The molecule has 0 aromatic heterocycles. The molecule has 1 fully saturated rings. The van der Waals surface area contributed by atoms with Crippen molar-refractivity contribution in [1.29, 1.82) is 0 Å². The van der Waals surface area contributed by atoms with Gasteiger partial charge in [0.2, 0.25) is 11.8 Å². The van der Waals surface area contributed by atoms with E-state index in [0.29, 0.717) is 16.6 Å². The van der Waals surface area contributed by atoms with Crippen LogP contribution < -0.4 is 9.62 Å². The van der Waals surface area contributed by atoms with Crippen LogP contribution in [0.3, 0.4) is 0 Å². The number of carbonyl (C=O) groups excluding carboxylic acids is 2. The molecule has 4 aromatic rings. The van der Waals surface area contributed by atoms with Crippen LogP contribution in [0.25, 0.3) is 0 Å². The number of nitrogens with one attached hydrogen (secondary N) is 1. The normalized spacial score (nSPS) is 14.3. The van der Waals surface area contributed by atoms with E-state index in [1.54, 1.807) is 47.4 Å². The number of nitrogens with zero attached hydrogens (tertiary/aromatic N) is 2. The average Bonchev–Trinajstić information content (AvgIpc) is 3.07. The SMILES string of the molecule is O=C(NC1CCCCC1)[C@H](Cc1ccccc1)N(Cc1ccccc1)C(=O)CN(c1cccc(Br)c1)S(=O)(=O)c1ccccc1. The Morgan fingerprint density at radius 1 is 0.778 bits per heavy atom. The Labute approximate surface area is 274 Å². The summed E-state index contributed by atoms with van der Waals surface area (Å²) in [7, 11) is -4.14. The molecule has 0 heterocycles. The molecular formula is C36H38BrN3O4S. The first kappa shape index (κ1) is 32.4. The second kappa shape index (κ2) is 15.4. The Bertz CT molecular complexity index is 1660. The lowest BCUT2D eigenvalue weighted by Gasteiger charge is -2.35. The molecule has 1 saturated carbocycles. The predicted molar refractivity (Wildman–Crippen MR) is 181 cm³/mol. The van der Waals surface area contributed by atoms with Crippen LogP contribution in [-0.2, 0) is 32.6 Å². The molecule has 4 aromatic carbocycles. The molecule has 0 spiro atoms. The van der Waals surface area contributed by atoms with Crippen LogP contribution in [0, 0.1) is 0 Å². The monoisotopic (exact) mass is 687 g/mol. The third-order valence-corrected chi connectivity index (χ3v) is 10.4. The molecule has 1 N–H and O–H groups in total. The van der Waals surface area contributed by atoms with Crippen LogP contribution in [-0.4, -0.2) is 43.8 Å². The standard InChI is InChI=1S/C36H38BrN3O4S/c37-30-18-13-21-32(25-30)40(45(43,44)33-22-11-4-12-23-33)27-35(41)39(26-29-16-7-2-8-17-29)34(24-28-14-5-1-6-15-28)36(42)38-31-19-9-3-10-20-31/h1-2,4-8,11-18,21-23,25,31,34H,3,9-10,19-20,24,26-27H2,(H,38,42)/t34-/m0/s1. The van der Waals surface area contributed by atoms with Gasteiger partial charge in [0.15, 0.2) is 0 Å². The van der Waals surface area contributed by atoms with Crippen molar-refractivity contribution in [2.75, 3.05) is 10.8 Å². The Morgan fingerprint density at radius 3 is 2.00 bits per heavy atom. The molecule has 45 heavy (non-hydrogen) atoms. The van der Waals surface area contributed by atoms with Crippen molar-refractivity contribution >= 4 is 43.5 Å². The first-order valence-corrected chi connectivity index (χ1v) is 17.6. The van der Waals surface area contributed by atoms with Crippen LogP contribution in [0.5, 0.6) is 0 Å². The predicted octanol–water partition coefficient (Wildman–Crippen LogP) is 6.73. The maximum absolute atomic E-state index is 14.6. The summed E-state index contributed by atoms with van der Waals surface area (Å²) >= 11 is 3.45. The van der Waals surface area contributed by atoms with E-state index >= 15 is 0 Å². The molecule has 1 atom stereocenters. The first-order chi connectivity index (χ1) is 21.8. The van der Waals surface area contributed by atoms with Gasteiger partial charge in [0.1, 0.15) is 12.6 Å². The molecule has 1 aliphatic rings. The number of hydrogen-bond donors (Lipinski definition) is 1. The molecule has 0 saturated heterocycles. The van der Waals surface area contributed by atoms with Gasteiger partial charge in [-0.1, -0.05) is 120 Å². The lowest BCUT2D eigenvalue weighted by molar-refractivity contribution is -0.140. The highest BCUT2D eigenvalue weighted by Crippen LogP contribution is 2.27. The lowest BCUT2D eigenvalue weighted by atomic mass is 9.94. The number of benzene rings is 4. The Hall–Kier alpha value is -3.95. The highest BCUT2D eigenvalue weighted by Gasteiger charge is 2.35. The smallest absolute Gasteiger partial charge is 0.264 e. The number of halogens is 1. The van der Waals surface area contributed by atoms with Crippen LogP contribution in [0.15, 0.2) is 125 Å². The highest BCUT2D eigenvalue weighted by atomic mass is 79.9. The molecule has 7 nitrogen and oxygen atoms in total. The number of amides is 2. The van der Waals surface area contributed by atoms with E-state index < -0.39 is 28.5 Å². The largest absolute Gasteiger partial charge is 0.352 e. The topological polar surface area (TPSA) is 86.8 Å². The molecule has 0 radical (unpaired) electrons. The minimum atomic E-state index is -4.14. The second-order valence-corrected chi connectivity index (χ2v) is 14.1. The summed E-state index contributed by atoms with van der Waals surface area (Å²) in [6.45, 7) is -0.338. The zero-order chi connectivity index (χ0) is 31.6. The molecule has 234 valence electrons. The summed E-state index contributed by atoms with van der Waals surface area (Å²) in [5.74, 6) is -0.701. The zero-order valence-electron chi connectivity index (χ0n) is 25.1. The molecule has 1 aliphatic carbocycles. The summed E-state index contributed by atoms with van der Waals surface area (Å²) in [6, 6.07) is 33.3. The molecule has 9 heteroatoms. The van der Waals surface area contributed by atoms with E-state index in [1.807, 2.05) is 60.7 Å². The van der Waals surface area contributed by atoms with Crippen LogP contribution in [0.4, 0.5) is 5.69 Å². The Kier molecular flexibility index (Phi) is 11.1. The van der Waals surface area contributed by atoms with E-state index in [0.717, 1.165) is 47.5 Å². The van der Waals surface area contributed by atoms with E-state index in [2.05, 4.69) is 21.2 Å². The summed E-state index contributed by atoms with van der Waals surface area (Å²) < 4.78 is 30.0. The molecule has 0 aliphatic heterocycles. The fourth-order valence-corrected chi connectivity index (χ4v) is 7.57. The van der Waals surface area contributed by atoms with Gasteiger partial charge in [0, 0.05) is 23.5 Å². The van der Waals surface area contributed by atoms with Crippen LogP contribution in [0.2, 0.25) is 0 Å². The van der Waals surface area contributed by atoms with Gasteiger partial charge >= 0.3 is 0 Å². The quantitative estimate of drug-likeness (QED) is 0.179. The minimum Gasteiger partial charge on any atom is -0.352 e. The highest BCUT2D eigenvalue weighted by molar-refractivity contribution is 9.10. The van der Waals surface area contributed by atoms with E-state index in [-0.39, 0.29) is 23.4 Å². The van der Waals surface area contributed by atoms with E-state index in [1.165, 1.54) is 12.1 Å². The van der Waals surface area contributed by atoms with Crippen molar-refractivity contribution in [2.24, 2.45) is 0 Å². The average molecular weight is 689 g/mol. The summed E-state index contributed by atoms with van der Waals surface area (Å²) in [5, 5.41) is 3.24. The van der Waals surface area contributed by atoms with Gasteiger partial charge < -0.3 is 10.2 Å². The van der Waals surface area contributed by atoms with Crippen molar-refractivity contribution < 1.29 is 18.0 Å². The molecule has 2 amide bonds. The van der Waals surface area contributed by atoms with Crippen LogP contribution in [0.1, 0.15) is 43.2 Å². The zero-order valence-corrected chi connectivity index (χ0v) is 27.5. The maximum atomic E-state index is 14.6. The third kappa shape index (κ3) is 8.61. The van der Waals surface area contributed by atoms with Gasteiger partial charge in [-0.2, -0.15) is 0 Å². The van der Waals surface area contributed by atoms with Crippen molar-refractivity contribution in [3.05, 3.63) is 131 Å². The van der Waals surface area contributed by atoms with Crippen molar-refractivity contribution in [2.45, 2.75) is 62.0 Å². The van der Waals surface area contributed by atoms with Crippen LogP contribution >= 0.6 is 15.9 Å². The minimum absolute atomic E-state index is 0.0508. The summed E-state index contributed by atoms with van der Waals surface area (Å²) in [4.78, 5) is 30.3. The van der Waals surface area contributed by atoms with Gasteiger partial charge in [-0.25, -0.2) is 8.42 Å². The maximum Gasteiger partial charge on any atom is 0.264 e. The molecule has 0 bridgehead atoms. The number of anilines is 1. The summed E-state index contributed by atoms with van der Waals surface area (Å²) in [6.07, 6.45) is 5.37. The molecule has 5 rings (SSSR count). The number of sulfonamides is 1. The Morgan fingerprint density at radius 2 is 1.38 bits per heavy atom. The van der Waals surface area contributed by atoms with Gasteiger partial charge in [-0.3, -0.25) is 13.9 Å². The number of carbonyl (C=O) groups is 2. The fraction of sp³-hybridized carbons (Fsp3) is 0.278. The molecular weight excluding hydrogens is 650 g/mol. The third-order valence-electron chi connectivity index (χ3n) is 8.12. The van der Waals surface area contributed by atoms with Crippen molar-refractivity contribution in [3.8, 4) is 0 Å². The fourth-order valence-electron chi connectivity index (χ4n) is 5.76. The van der Waals surface area contributed by atoms with Gasteiger partial charge in [-0.05, 0) is 54.3 Å².